The molecular formula is C54H52F18O6S2. The normalized spacial score (nSPS) is 14.6. The first-order valence-corrected chi connectivity index (χ1v) is 26.4. The van der Waals surface area contributed by atoms with Gasteiger partial charge in [-0.3, -0.25) is 0 Å². The molecule has 0 spiro atoms. The Balaban J connectivity index is 1.77. The molecule has 0 amide bonds. The average Bonchev–Trinajstić information content (AvgIpc) is 3.29. The van der Waals surface area contributed by atoms with Crippen LogP contribution in [0.2, 0.25) is 0 Å². The summed E-state index contributed by atoms with van der Waals surface area (Å²) >= 11 is 0. The van der Waals surface area contributed by atoms with Crippen molar-refractivity contribution in [3.8, 4) is 56.0 Å². The second-order valence-corrected chi connectivity index (χ2v) is 25.9. The maximum atomic E-state index is 15.0. The molecule has 0 bridgehead atoms. The molecule has 0 unspecified atom stereocenters. The van der Waals surface area contributed by atoms with Gasteiger partial charge in [0, 0.05) is 11.1 Å². The number of alkyl halides is 18. The molecular weight excluding hydrogens is 1150 g/mol. The zero-order valence-corrected chi connectivity index (χ0v) is 45.5. The third-order valence-electron chi connectivity index (χ3n) is 12.7. The smallest absolute Gasteiger partial charge is 0.377 e. The van der Waals surface area contributed by atoms with Crippen molar-refractivity contribution < 1.29 is 104 Å². The highest BCUT2D eigenvalue weighted by atomic mass is 32.2. The van der Waals surface area contributed by atoms with Gasteiger partial charge >= 0.3 is 66.8 Å². The first kappa shape index (κ1) is 65.2. The second-order valence-electron chi connectivity index (χ2n) is 22.7. The van der Waals surface area contributed by atoms with E-state index in [-0.39, 0.29) is 44.2 Å². The summed E-state index contributed by atoms with van der Waals surface area (Å²) in [5.41, 5.74) is -1.79. The Morgan fingerprint density at radius 2 is 0.613 bits per heavy atom. The average molecular weight is 1200 g/mol. The Bertz CT molecular complexity index is 3100. The van der Waals surface area contributed by atoms with E-state index in [4.69, 9.17) is 0 Å². The van der Waals surface area contributed by atoms with Crippen LogP contribution in [0.4, 0.5) is 79.0 Å². The van der Waals surface area contributed by atoms with Crippen molar-refractivity contribution in [2.24, 2.45) is 10.8 Å². The fraction of sp³-hybridized carbons (Fsp3) is 0.444. The molecule has 0 saturated heterocycles. The van der Waals surface area contributed by atoms with E-state index in [2.05, 4.69) is 8.37 Å². The SMILES string of the molecule is CC(C)(C)CC(C)(C)c1ccc(-c2ccccc2OS(=O)(=O)C(F)(F)C(F)(F)C(F)(F)C(F)(F)F)c(-c2ccc(-c3cc(C(C)(C)CC(C)(C)C)ccc3-c3ccccc3OS(=O)(=O)C(F)(F)C(F)(F)C(F)(F)C(F)(F)F)cc2)c1. The minimum atomic E-state index is -7.62. The van der Waals surface area contributed by atoms with Crippen LogP contribution in [0.15, 0.2) is 109 Å². The van der Waals surface area contributed by atoms with Crippen LogP contribution in [-0.2, 0) is 31.1 Å². The van der Waals surface area contributed by atoms with Crippen LogP contribution >= 0.6 is 0 Å². The van der Waals surface area contributed by atoms with Crippen LogP contribution in [0.25, 0.3) is 44.5 Å². The summed E-state index contributed by atoms with van der Waals surface area (Å²) in [5, 5.41) is -14.4. The highest BCUT2D eigenvalue weighted by molar-refractivity contribution is 7.88. The lowest BCUT2D eigenvalue weighted by atomic mass is 9.71. The molecule has 5 aromatic rings. The van der Waals surface area contributed by atoms with Crippen molar-refractivity contribution in [1.82, 2.24) is 0 Å². The fourth-order valence-electron chi connectivity index (χ4n) is 9.46. The third kappa shape index (κ3) is 12.1. The van der Waals surface area contributed by atoms with Crippen LogP contribution in [0.1, 0.15) is 93.2 Å². The zero-order chi connectivity index (χ0) is 61.5. The topological polar surface area (TPSA) is 86.7 Å². The van der Waals surface area contributed by atoms with Crippen molar-refractivity contribution in [2.45, 2.75) is 139 Å². The summed E-state index contributed by atoms with van der Waals surface area (Å²) in [6.45, 7) is 18.9. The van der Waals surface area contributed by atoms with Crippen LogP contribution in [-0.4, -0.2) is 63.4 Å². The summed E-state index contributed by atoms with van der Waals surface area (Å²) < 4.78 is 312. The predicted octanol–water partition coefficient (Wildman–Crippen LogP) is 18.1. The van der Waals surface area contributed by atoms with E-state index < -0.39 is 100 Å². The summed E-state index contributed by atoms with van der Waals surface area (Å²) in [4.78, 5) is 0. The molecule has 0 fully saturated rings. The standard InChI is InChI=1S/C54H52F18O6S2/c1-43(2,3)29-45(7,8)33-23-25-35(37-15-11-13-17-41(37)77-79(73,74)53(69,70)49(59,60)47(55,56)51(63,64)65)39(27-33)31-19-21-32(22-20-31)40-28-34(46(9,10)30-44(4,5)6)24-26-36(40)38-16-12-14-18-42(38)78-80(75,76)54(71,72)50(61,62)48(57,58)52(66,67)68/h11-28H,29-30H2,1-10H3. The number of para-hydroxylation sites is 2. The van der Waals surface area contributed by atoms with Gasteiger partial charge in [0.1, 0.15) is 0 Å². The van der Waals surface area contributed by atoms with Gasteiger partial charge in [-0.2, -0.15) is 95.9 Å². The first-order valence-electron chi connectivity index (χ1n) is 23.6. The molecule has 0 atom stereocenters. The quantitative estimate of drug-likeness (QED) is 0.0642. The minimum Gasteiger partial charge on any atom is -0.377 e. The van der Waals surface area contributed by atoms with Gasteiger partial charge in [-0.25, -0.2) is 0 Å². The maximum Gasteiger partial charge on any atom is 0.460 e. The van der Waals surface area contributed by atoms with Gasteiger partial charge in [0.2, 0.25) is 0 Å². The fourth-order valence-corrected chi connectivity index (χ4v) is 11.3. The van der Waals surface area contributed by atoms with E-state index in [1.165, 1.54) is 60.7 Å². The van der Waals surface area contributed by atoms with Gasteiger partial charge in [-0.15, -0.1) is 0 Å². The number of benzene rings is 5. The molecule has 6 nitrogen and oxygen atoms in total. The lowest BCUT2D eigenvalue weighted by Crippen LogP contribution is -2.63. The molecule has 5 aromatic carbocycles. The van der Waals surface area contributed by atoms with Gasteiger partial charge in [0.15, 0.2) is 11.5 Å². The molecule has 0 saturated carbocycles. The van der Waals surface area contributed by atoms with E-state index >= 15 is 17.6 Å². The molecule has 5 rings (SSSR count). The number of halogens is 18. The van der Waals surface area contributed by atoms with E-state index in [0.717, 1.165) is 24.3 Å². The maximum absolute atomic E-state index is 15.0. The van der Waals surface area contributed by atoms with Crippen molar-refractivity contribution in [1.29, 1.82) is 0 Å². The summed E-state index contributed by atoms with van der Waals surface area (Å²) in [6.07, 6.45) is -13.8. The Morgan fingerprint density at radius 3 is 0.875 bits per heavy atom. The zero-order valence-electron chi connectivity index (χ0n) is 43.9. The van der Waals surface area contributed by atoms with E-state index in [9.17, 15) is 78.3 Å². The van der Waals surface area contributed by atoms with Gasteiger partial charge in [-0.05, 0) is 103 Å². The van der Waals surface area contributed by atoms with Crippen LogP contribution in [0.3, 0.4) is 0 Å². The second kappa shape index (κ2) is 20.6. The van der Waals surface area contributed by atoms with E-state index in [1.807, 2.05) is 69.2 Å². The van der Waals surface area contributed by atoms with Crippen molar-refractivity contribution in [3.05, 3.63) is 120 Å². The van der Waals surface area contributed by atoms with Crippen LogP contribution in [0, 0.1) is 10.8 Å². The van der Waals surface area contributed by atoms with E-state index in [1.54, 1.807) is 12.1 Å². The Kier molecular flexibility index (Phi) is 16.8. The van der Waals surface area contributed by atoms with Crippen molar-refractivity contribution in [3.63, 3.8) is 0 Å². The Morgan fingerprint density at radius 1 is 0.338 bits per heavy atom. The predicted molar refractivity (Wildman–Crippen MR) is 263 cm³/mol. The summed E-state index contributed by atoms with van der Waals surface area (Å²) in [6, 6.07) is 21.9. The monoisotopic (exact) mass is 1200 g/mol. The molecule has 26 heteroatoms. The summed E-state index contributed by atoms with van der Waals surface area (Å²) in [7, 11) is -14.9. The molecule has 0 aliphatic carbocycles. The van der Waals surface area contributed by atoms with Crippen molar-refractivity contribution >= 4 is 20.2 Å². The highest BCUT2D eigenvalue weighted by Crippen LogP contribution is 2.57. The molecule has 0 N–H and O–H groups in total. The first-order chi connectivity index (χ1) is 35.7. The number of hydrogen-bond acceptors (Lipinski definition) is 6. The Hall–Kier alpha value is -5.66. The van der Waals surface area contributed by atoms with Crippen LogP contribution < -0.4 is 8.37 Å². The lowest BCUT2D eigenvalue weighted by Gasteiger charge is -2.34. The minimum absolute atomic E-state index is 0.0863. The molecule has 80 heavy (non-hydrogen) atoms. The van der Waals surface area contributed by atoms with Gasteiger partial charge in [0.05, 0.1) is 0 Å². The van der Waals surface area contributed by atoms with Gasteiger partial charge in [0.25, 0.3) is 0 Å². The number of rotatable bonds is 18. The summed E-state index contributed by atoms with van der Waals surface area (Å²) in [5.74, 6) is -32.9. The van der Waals surface area contributed by atoms with Crippen LogP contribution in [0.5, 0.6) is 11.5 Å². The van der Waals surface area contributed by atoms with Gasteiger partial charge < -0.3 is 8.37 Å². The molecule has 0 aromatic heterocycles. The molecule has 0 aliphatic heterocycles. The van der Waals surface area contributed by atoms with Crippen molar-refractivity contribution in [2.75, 3.05) is 0 Å². The molecule has 0 heterocycles. The van der Waals surface area contributed by atoms with Gasteiger partial charge in [-0.1, -0.05) is 154 Å². The Labute approximate surface area is 449 Å². The number of hydrogen-bond donors (Lipinski definition) is 0. The lowest BCUT2D eigenvalue weighted by molar-refractivity contribution is -0.382. The highest BCUT2D eigenvalue weighted by Gasteiger charge is 2.87. The largest absolute Gasteiger partial charge is 0.460 e. The molecule has 0 radical (unpaired) electrons. The molecule has 442 valence electrons. The molecule has 0 aliphatic rings. The van der Waals surface area contributed by atoms with E-state index in [0.29, 0.717) is 36.1 Å². The third-order valence-corrected chi connectivity index (χ3v) is 15.2.